The fourth-order valence-electron chi connectivity index (χ4n) is 1.87. The second kappa shape index (κ2) is 2.44. The van der Waals surface area contributed by atoms with E-state index in [0.717, 1.165) is 0 Å². The molecular weight excluding hydrogens is 160 g/mol. The fourth-order valence-corrected chi connectivity index (χ4v) is 1.87. The maximum Gasteiger partial charge on any atom is 0.311 e. The highest BCUT2D eigenvalue weighted by molar-refractivity contribution is 5.73. The highest BCUT2D eigenvalue weighted by atomic mass is 16.8. The summed E-state index contributed by atoms with van der Waals surface area (Å²) in [6, 6.07) is 0. The van der Waals surface area contributed by atoms with Gasteiger partial charge in [-0.05, 0) is 6.92 Å². The number of carbonyl (C=O) groups is 1. The Morgan fingerprint density at radius 1 is 1.67 bits per heavy atom. The summed E-state index contributed by atoms with van der Waals surface area (Å²) in [5, 5.41) is 0. The first-order valence-corrected chi connectivity index (χ1v) is 4.04. The molecule has 2 aliphatic heterocycles. The number of fused-ring (bicyclic) bond motifs is 2. The van der Waals surface area contributed by atoms with E-state index in [1.807, 2.05) is 6.92 Å². The van der Waals surface area contributed by atoms with Crippen LogP contribution in [0.25, 0.3) is 0 Å². The van der Waals surface area contributed by atoms with Crippen LogP contribution in [0.3, 0.4) is 0 Å². The number of hydrogen-bond acceptors (Lipinski definition) is 4. The molecule has 68 valence electrons. The van der Waals surface area contributed by atoms with E-state index in [0.29, 0.717) is 13.0 Å². The lowest BCUT2D eigenvalue weighted by atomic mass is 9.96. The van der Waals surface area contributed by atoms with Crippen LogP contribution in [0.15, 0.2) is 0 Å². The zero-order valence-electron chi connectivity index (χ0n) is 7.20. The predicted molar refractivity (Wildman–Crippen MR) is 39.4 cm³/mol. The molecule has 0 unspecified atom stereocenters. The third kappa shape index (κ3) is 1.03. The Hall–Kier alpha value is -0.610. The van der Waals surface area contributed by atoms with Crippen molar-refractivity contribution in [1.29, 1.82) is 0 Å². The van der Waals surface area contributed by atoms with Gasteiger partial charge >= 0.3 is 5.97 Å². The Labute approximate surface area is 70.8 Å². The topological polar surface area (TPSA) is 44.8 Å². The molecule has 2 heterocycles. The van der Waals surface area contributed by atoms with Gasteiger partial charge in [0.05, 0.1) is 25.7 Å². The van der Waals surface area contributed by atoms with Gasteiger partial charge in [0.2, 0.25) is 0 Å². The summed E-state index contributed by atoms with van der Waals surface area (Å²) in [5.41, 5.74) is 0. The highest BCUT2D eigenvalue weighted by Crippen LogP contribution is 2.42. The van der Waals surface area contributed by atoms with Crippen LogP contribution in [-0.4, -0.2) is 31.6 Å². The monoisotopic (exact) mass is 172 g/mol. The van der Waals surface area contributed by atoms with Crippen LogP contribution in [0.4, 0.5) is 0 Å². The van der Waals surface area contributed by atoms with Crippen molar-refractivity contribution >= 4 is 5.97 Å². The van der Waals surface area contributed by atoms with Gasteiger partial charge in [0, 0.05) is 6.42 Å². The van der Waals surface area contributed by atoms with E-state index in [4.69, 9.17) is 9.47 Å². The van der Waals surface area contributed by atoms with Crippen LogP contribution in [0, 0.1) is 5.92 Å². The first-order chi connectivity index (χ1) is 5.64. The van der Waals surface area contributed by atoms with Gasteiger partial charge in [-0.1, -0.05) is 0 Å². The largest absolute Gasteiger partial charge is 0.469 e. The average Bonchev–Trinajstić information content (AvgIpc) is 2.57. The van der Waals surface area contributed by atoms with E-state index in [9.17, 15) is 4.79 Å². The zero-order valence-corrected chi connectivity index (χ0v) is 7.20. The molecule has 4 heteroatoms. The number of carbonyl (C=O) groups excluding carboxylic acids is 1. The first-order valence-electron chi connectivity index (χ1n) is 4.04. The smallest absolute Gasteiger partial charge is 0.311 e. The third-order valence-corrected chi connectivity index (χ3v) is 2.50. The quantitative estimate of drug-likeness (QED) is 0.534. The maximum atomic E-state index is 11.2. The Morgan fingerprint density at radius 2 is 2.42 bits per heavy atom. The van der Waals surface area contributed by atoms with E-state index >= 15 is 0 Å². The molecule has 0 aromatic carbocycles. The summed E-state index contributed by atoms with van der Waals surface area (Å²) >= 11 is 0. The molecule has 0 aromatic rings. The van der Waals surface area contributed by atoms with Crippen molar-refractivity contribution in [2.45, 2.75) is 25.2 Å². The minimum absolute atomic E-state index is 0.0950. The van der Waals surface area contributed by atoms with E-state index < -0.39 is 5.79 Å². The maximum absolute atomic E-state index is 11.2. The summed E-state index contributed by atoms with van der Waals surface area (Å²) in [6.07, 6.45) is 0.520. The average molecular weight is 172 g/mol. The summed E-state index contributed by atoms with van der Waals surface area (Å²) in [5.74, 6) is -0.857. The molecule has 0 radical (unpaired) electrons. The summed E-state index contributed by atoms with van der Waals surface area (Å²) < 4.78 is 15.5. The number of ether oxygens (including phenoxy) is 3. The van der Waals surface area contributed by atoms with Gasteiger partial charge in [-0.15, -0.1) is 0 Å². The van der Waals surface area contributed by atoms with Crippen molar-refractivity contribution in [1.82, 2.24) is 0 Å². The van der Waals surface area contributed by atoms with E-state index in [2.05, 4.69) is 4.74 Å². The van der Waals surface area contributed by atoms with Crippen LogP contribution in [-0.2, 0) is 19.0 Å². The molecule has 2 saturated heterocycles. The highest BCUT2D eigenvalue weighted by Gasteiger charge is 2.53. The number of methoxy groups -OCH3 is 1. The van der Waals surface area contributed by atoms with E-state index in [1.165, 1.54) is 7.11 Å². The van der Waals surface area contributed by atoms with Crippen molar-refractivity contribution in [3.8, 4) is 0 Å². The van der Waals surface area contributed by atoms with Crippen molar-refractivity contribution in [3.05, 3.63) is 0 Å². The molecule has 3 atom stereocenters. The van der Waals surface area contributed by atoms with Gasteiger partial charge in [-0.2, -0.15) is 0 Å². The second-order valence-corrected chi connectivity index (χ2v) is 3.43. The Morgan fingerprint density at radius 3 is 2.83 bits per heavy atom. The van der Waals surface area contributed by atoms with Crippen LogP contribution in [0.2, 0.25) is 0 Å². The van der Waals surface area contributed by atoms with Gasteiger partial charge < -0.3 is 14.2 Å². The molecule has 12 heavy (non-hydrogen) atoms. The van der Waals surface area contributed by atoms with E-state index in [1.54, 1.807) is 0 Å². The second-order valence-electron chi connectivity index (χ2n) is 3.43. The van der Waals surface area contributed by atoms with Gasteiger partial charge in [0.25, 0.3) is 0 Å². The minimum Gasteiger partial charge on any atom is -0.469 e. The molecule has 0 spiro atoms. The molecule has 2 fully saturated rings. The van der Waals surface area contributed by atoms with Gasteiger partial charge in [-0.25, -0.2) is 0 Å². The predicted octanol–water partition coefficient (Wildman–Crippen LogP) is 0.311. The van der Waals surface area contributed by atoms with E-state index in [-0.39, 0.29) is 18.0 Å². The van der Waals surface area contributed by atoms with Crippen molar-refractivity contribution in [2.75, 3.05) is 13.7 Å². The fraction of sp³-hybridized carbons (Fsp3) is 0.875. The Bertz CT molecular complexity index is 215. The third-order valence-electron chi connectivity index (χ3n) is 2.50. The molecule has 2 aliphatic rings. The first kappa shape index (κ1) is 8.01. The lowest BCUT2D eigenvalue weighted by molar-refractivity contribution is -0.150. The minimum atomic E-state index is -0.538. The summed E-state index contributed by atoms with van der Waals surface area (Å²) in [7, 11) is 1.40. The summed E-state index contributed by atoms with van der Waals surface area (Å²) in [6.45, 7) is 2.37. The normalized spacial score (nSPS) is 44.8. The molecule has 0 aliphatic carbocycles. The molecule has 4 nitrogen and oxygen atoms in total. The standard InChI is InChI=1S/C8H12O4/c1-8-3-5(7(9)10-2)6(12-8)4-11-8/h5-6H,3-4H2,1-2H3/t5-,6-,8-/m1/s1. The molecule has 0 aromatic heterocycles. The lowest BCUT2D eigenvalue weighted by Crippen LogP contribution is -2.33. The Kier molecular flexibility index (Phi) is 1.63. The lowest BCUT2D eigenvalue weighted by Gasteiger charge is -2.21. The molecule has 0 N–H and O–H groups in total. The van der Waals surface area contributed by atoms with Crippen LogP contribution in [0.1, 0.15) is 13.3 Å². The van der Waals surface area contributed by atoms with Crippen LogP contribution >= 0.6 is 0 Å². The molecule has 0 amide bonds. The summed E-state index contributed by atoms with van der Waals surface area (Å²) in [4.78, 5) is 11.2. The van der Waals surface area contributed by atoms with Crippen molar-refractivity contribution < 1.29 is 19.0 Å². The Balaban J connectivity index is 2.09. The number of hydrogen-bond donors (Lipinski definition) is 0. The van der Waals surface area contributed by atoms with Gasteiger partial charge in [-0.3, -0.25) is 4.79 Å². The van der Waals surface area contributed by atoms with Gasteiger partial charge in [0.1, 0.15) is 0 Å². The van der Waals surface area contributed by atoms with Crippen molar-refractivity contribution in [3.63, 3.8) is 0 Å². The molecular formula is C8H12O4. The van der Waals surface area contributed by atoms with Crippen LogP contribution < -0.4 is 0 Å². The number of esters is 1. The SMILES string of the molecule is COC(=O)[C@@H]1C[C@]2(C)OC[C@H]1O2. The molecule has 0 saturated carbocycles. The molecule has 2 bridgehead atoms. The van der Waals surface area contributed by atoms with Crippen molar-refractivity contribution in [2.24, 2.45) is 5.92 Å². The van der Waals surface area contributed by atoms with Crippen LogP contribution in [0.5, 0.6) is 0 Å². The number of rotatable bonds is 1. The molecule has 2 rings (SSSR count). The van der Waals surface area contributed by atoms with Gasteiger partial charge in [0.15, 0.2) is 5.79 Å². The zero-order chi connectivity index (χ0) is 8.77.